The summed E-state index contributed by atoms with van der Waals surface area (Å²) in [6, 6.07) is 2.79. The van der Waals surface area contributed by atoms with Crippen LogP contribution in [0.3, 0.4) is 0 Å². The van der Waals surface area contributed by atoms with Gasteiger partial charge in [-0.2, -0.15) is 13.2 Å². The molecule has 1 aromatic carbocycles. The fourth-order valence-electron chi connectivity index (χ4n) is 1.91. The van der Waals surface area contributed by atoms with E-state index in [2.05, 4.69) is 21.2 Å². The number of aryl methyl sites for hydroxylation is 1. The van der Waals surface area contributed by atoms with Crippen LogP contribution in [0.4, 0.5) is 24.5 Å². The van der Waals surface area contributed by atoms with Gasteiger partial charge in [0.15, 0.2) is 0 Å². The molecule has 0 bridgehead atoms. The van der Waals surface area contributed by atoms with Crippen molar-refractivity contribution in [3.63, 3.8) is 0 Å². The standard InChI is InChI=1S/C13H16BrF3N2O2/c1-8-6-10(14)11(7-12(8)19(20)21)18-9(2)4-3-5-13(15,16)17/h6-7,9,18H,3-5H2,1-2H3. The first kappa shape index (κ1) is 17.7. The number of anilines is 1. The van der Waals surface area contributed by atoms with Crippen LogP contribution in [-0.4, -0.2) is 17.1 Å². The zero-order valence-corrected chi connectivity index (χ0v) is 13.2. The summed E-state index contributed by atoms with van der Waals surface area (Å²) in [7, 11) is 0. The number of halogens is 4. The molecule has 1 rings (SSSR count). The van der Waals surface area contributed by atoms with Crippen molar-refractivity contribution in [2.24, 2.45) is 0 Å². The third-order valence-electron chi connectivity index (χ3n) is 2.98. The summed E-state index contributed by atoms with van der Waals surface area (Å²) in [5, 5.41) is 13.9. The van der Waals surface area contributed by atoms with E-state index < -0.39 is 17.5 Å². The van der Waals surface area contributed by atoms with E-state index in [1.165, 1.54) is 6.07 Å². The predicted octanol–water partition coefficient (Wildman–Crippen LogP) is 5.20. The van der Waals surface area contributed by atoms with Gasteiger partial charge in [0, 0.05) is 28.6 Å². The molecule has 118 valence electrons. The number of benzene rings is 1. The molecule has 0 aromatic heterocycles. The number of nitro groups is 1. The lowest BCUT2D eigenvalue weighted by Crippen LogP contribution is -2.17. The normalized spacial score (nSPS) is 13.0. The van der Waals surface area contributed by atoms with Crippen LogP contribution in [-0.2, 0) is 0 Å². The summed E-state index contributed by atoms with van der Waals surface area (Å²) >= 11 is 3.29. The van der Waals surface area contributed by atoms with Crippen molar-refractivity contribution in [1.29, 1.82) is 0 Å². The molecule has 1 unspecified atom stereocenters. The Morgan fingerprint density at radius 1 is 1.43 bits per heavy atom. The molecule has 0 fully saturated rings. The van der Waals surface area contributed by atoms with Crippen molar-refractivity contribution >= 4 is 27.3 Å². The van der Waals surface area contributed by atoms with Gasteiger partial charge in [0.25, 0.3) is 5.69 Å². The van der Waals surface area contributed by atoms with Crippen LogP contribution in [0.15, 0.2) is 16.6 Å². The van der Waals surface area contributed by atoms with Crippen LogP contribution in [0.5, 0.6) is 0 Å². The highest BCUT2D eigenvalue weighted by molar-refractivity contribution is 9.10. The molecule has 21 heavy (non-hydrogen) atoms. The number of hydrogen-bond donors (Lipinski definition) is 1. The average molecular weight is 369 g/mol. The van der Waals surface area contributed by atoms with Crippen molar-refractivity contribution in [2.75, 3.05) is 5.32 Å². The fraction of sp³-hybridized carbons (Fsp3) is 0.538. The minimum atomic E-state index is -4.15. The molecule has 8 heteroatoms. The molecule has 1 N–H and O–H groups in total. The molecule has 0 heterocycles. The van der Waals surface area contributed by atoms with Crippen LogP contribution in [0, 0.1) is 17.0 Å². The monoisotopic (exact) mass is 368 g/mol. The molecular formula is C13H16BrF3N2O2. The molecule has 0 radical (unpaired) electrons. The minimum Gasteiger partial charge on any atom is -0.381 e. The van der Waals surface area contributed by atoms with Gasteiger partial charge in [-0.25, -0.2) is 0 Å². The van der Waals surface area contributed by atoms with E-state index in [0.717, 1.165) is 0 Å². The highest BCUT2D eigenvalue weighted by atomic mass is 79.9. The van der Waals surface area contributed by atoms with Crippen molar-refractivity contribution in [3.05, 3.63) is 32.3 Å². The predicted molar refractivity (Wildman–Crippen MR) is 78.5 cm³/mol. The Morgan fingerprint density at radius 3 is 2.57 bits per heavy atom. The number of nitro benzene ring substituents is 1. The minimum absolute atomic E-state index is 0.0171. The lowest BCUT2D eigenvalue weighted by Gasteiger charge is -2.17. The van der Waals surface area contributed by atoms with Gasteiger partial charge in [0.2, 0.25) is 0 Å². The summed E-state index contributed by atoms with van der Waals surface area (Å²) in [5.74, 6) is 0. The maximum Gasteiger partial charge on any atom is 0.389 e. The molecule has 4 nitrogen and oxygen atoms in total. The Bertz CT molecular complexity index is 521. The van der Waals surface area contributed by atoms with E-state index in [1.807, 2.05) is 0 Å². The van der Waals surface area contributed by atoms with Gasteiger partial charge in [-0.15, -0.1) is 0 Å². The second-order valence-electron chi connectivity index (χ2n) is 4.93. The molecule has 0 spiro atoms. The first-order valence-corrected chi connectivity index (χ1v) is 7.17. The molecule has 0 amide bonds. The third kappa shape index (κ3) is 5.91. The number of alkyl halides is 3. The van der Waals surface area contributed by atoms with Gasteiger partial charge < -0.3 is 5.32 Å². The van der Waals surface area contributed by atoms with Crippen LogP contribution >= 0.6 is 15.9 Å². The van der Waals surface area contributed by atoms with E-state index in [4.69, 9.17) is 0 Å². The van der Waals surface area contributed by atoms with Gasteiger partial charge in [0.05, 0.1) is 10.6 Å². The molecular weight excluding hydrogens is 353 g/mol. The van der Waals surface area contributed by atoms with Crippen LogP contribution < -0.4 is 5.32 Å². The van der Waals surface area contributed by atoms with E-state index in [1.54, 1.807) is 19.9 Å². The van der Waals surface area contributed by atoms with Crippen LogP contribution in [0.1, 0.15) is 31.7 Å². The van der Waals surface area contributed by atoms with Crippen molar-refractivity contribution in [1.82, 2.24) is 0 Å². The lowest BCUT2D eigenvalue weighted by molar-refractivity contribution is -0.385. The topological polar surface area (TPSA) is 55.2 Å². The summed E-state index contributed by atoms with van der Waals surface area (Å²) < 4.78 is 36.9. The molecule has 0 aliphatic heterocycles. The molecule has 1 aromatic rings. The first-order chi connectivity index (χ1) is 9.60. The van der Waals surface area contributed by atoms with E-state index in [-0.39, 0.29) is 18.2 Å². The molecule has 0 saturated carbocycles. The van der Waals surface area contributed by atoms with Gasteiger partial charge >= 0.3 is 6.18 Å². The molecule has 0 aliphatic carbocycles. The van der Waals surface area contributed by atoms with Gasteiger partial charge in [-0.05, 0) is 48.7 Å². The highest BCUT2D eigenvalue weighted by Gasteiger charge is 2.26. The van der Waals surface area contributed by atoms with Gasteiger partial charge in [-0.3, -0.25) is 10.1 Å². The number of hydrogen-bond acceptors (Lipinski definition) is 3. The summed E-state index contributed by atoms with van der Waals surface area (Å²) in [5.41, 5.74) is 0.997. The maximum absolute atomic E-state index is 12.1. The van der Waals surface area contributed by atoms with E-state index >= 15 is 0 Å². The second-order valence-corrected chi connectivity index (χ2v) is 5.78. The summed E-state index contributed by atoms with van der Waals surface area (Å²) in [4.78, 5) is 10.4. The Labute approximate surface area is 129 Å². The Hall–Kier alpha value is -1.31. The fourth-order valence-corrected chi connectivity index (χ4v) is 2.49. The SMILES string of the molecule is Cc1cc(Br)c(NC(C)CCCC(F)(F)F)cc1[N+](=O)[O-]. The summed E-state index contributed by atoms with van der Waals surface area (Å²) in [6.45, 7) is 3.37. The number of rotatable bonds is 6. The maximum atomic E-state index is 12.1. The zero-order valence-electron chi connectivity index (χ0n) is 11.6. The number of nitrogens with one attached hydrogen (secondary N) is 1. The quantitative estimate of drug-likeness (QED) is 0.554. The van der Waals surface area contributed by atoms with Gasteiger partial charge in [0.1, 0.15) is 0 Å². The van der Waals surface area contributed by atoms with Crippen LogP contribution in [0.2, 0.25) is 0 Å². The highest BCUT2D eigenvalue weighted by Crippen LogP contribution is 2.31. The smallest absolute Gasteiger partial charge is 0.381 e. The second kappa shape index (κ2) is 7.11. The molecule has 0 aliphatic rings. The van der Waals surface area contributed by atoms with Crippen molar-refractivity contribution < 1.29 is 18.1 Å². The van der Waals surface area contributed by atoms with E-state index in [9.17, 15) is 23.3 Å². The Morgan fingerprint density at radius 2 is 2.05 bits per heavy atom. The Balaban J connectivity index is 2.70. The largest absolute Gasteiger partial charge is 0.389 e. The van der Waals surface area contributed by atoms with Crippen molar-refractivity contribution in [3.8, 4) is 0 Å². The first-order valence-electron chi connectivity index (χ1n) is 6.38. The zero-order chi connectivity index (χ0) is 16.2. The Kier molecular flexibility index (Phi) is 6.00. The molecule has 0 saturated heterocycles. The lowest BCUT2D eigenvalue weighted by atomic mass is 10.1. The van der Waals surface area contributed by atoms with Crippen LogP contribution in [0.25, 0.3) is 0 Å². The number of nitrogens with zero attached hydrogens (tertiary/aromatic N) is 1. The van der Waals surface area contributed by atoms with Gasteiger partial charge in [-0.1, -0.05) is 0 Å². The average Bonchev–Trinajstić information content (AvgIpc) is 2.30. The molecule has 1 atom stereocenters. The third-order valence-corrected chi connectivity index (χ3v) is 3.64. The van der Waals surface area contributed by atoms with Crippen molar-refractivity contribution in [2.45, 2.75) is 45.3 Å². The van der Waals surface area contributed by atoms with E-state index in [0.29, 0.717) is 22.1 Å². The summed E-state index contributed by atoms with van der Waals surface area (Å²) in [6.07, 6.45) is -4.63.